The van der Waals surface area contributed by atoms with Crippen LogP contribution in [-0.2, 0) is 4.74 Å². The minimum Gasteiger partial charge on any atom is -0.393 e. The van der Waals surface area contributed by atoms with E-state index >= 15 is 0 Å². The summed E-state index contributed by atoms with van der Waals surface area (Å²) in [5.74, 6) is 0. The number of nitrogens with zero attached hydrogens (tertiary/aromatic N) is 1. The summed E-state index contributed by atoms with van der Waals surface area (Å²) in [5.41, 5.74) is 0. The number of aliphatic hydroxyl groups is 1. The van der Waals surface area contributed by atoms with Crippen molar-refractivity contribution in [3.63, 3.8) is 0 Å². The Morgan fingerprint density at radius 2 is 2.43 bits per heavy atom. The molecule has 0 spiro atoms. The predicted octanol–water partition coefficient (Wildman–Crippen LogP) is -0.322. The first-order valence-corrected chi connectivity index (χ1v) is 5.39. The molecule has 1 rings (SSSR count). The molecule has 2 unspecified atom stereocenters. The van der Waals surface area contributed by atoms with Gasteiger partial charge in [0, 0.05) is 26.2 Å². The molecule has 0 aromatic heterocycles. The quantitative estimate of drug-likeness (QED) is 0.641. The zero-order valence-corrected chi connectivity index (χ0v) is 9.20. The van der Waals surface area contributed by atoms with Crippen LogP contribution < -0.4 is 5.32 Å². The van der Waals surface area contributed by atoms with Crippen LogP contribution >= 0.6 is 0 Å². The molecule has 2 atom stereocenters. The summed E-state index contributed by atoms with van der Waals surface area (Å²) in [5, 5.41) is 12.3. The number of morpholine rings is 1. The largest absolute Gasteiger partial charge is 0.393 e. The average molecular weight is 202 g/mol. The zero-order valence-electron chi connectivity index (χ0n) is 9.20. The van der Waals surface area contributed by atoms with E-state index in [0.29, 0.717) is 6.10 Å². The van der Waals surface area contributed by atoms with Crippen LogP contribution in [0, 0.1) is 0 Å². The van der Waals surface area contributed by atoms with E-state index in [4.69, 9.17) is 4.74 Å². The first-order chi connectivity index (χ1) is 6.72. The van der Waals surface area contributed by atoms with Crippen LogP contribution in [0.4, 0.5) is 0 Å². The van der Waals surface area contributed by atoms with E-state index in [-0.39, 0.29) is 6.10 Å². The van der Waals surface area contributed by atoms with Crippen LogP contribution in [0.1, 0.15) is 13.3 Å². The SMILES string of the molecule is CNCC1CN(CCC(C)O)CCO1. The standard InChI is InChI=1S/C10H22N2O2/c1-9(13)3-4-12-5-6-14-10(8-12)7-11-2/h9-11,13H,3-8H2,1-2H3. The molecule has 1 heterocycles. The third kappa shape index (κ3) is 4.37. The minimum absolute atomic E-state index is 0.194. The fourth-order valence-electron chi connectivity index (χ4n) is 1.70. The highest BCUT2D eigenvalue weighted by atomic mass is 16.5. The van der Waals surface area contributed by atoms with E-state index in [0.717, 1.165) is 39.2 Å². The zero-order chi connectivity index (χ0) is 10.4. The first-order valence-electron chi connectivity index (χ1n) is 5.39. The van der Waals surface area contributed by atoms with Gasteiger partial charge in [-0.2, -0.15) is 0 Å². The molecule has 0 bridgehead atoms. The van der Waals surface area contributed by atoms with E-state index in [1.165, 1.54) is 0 Å². The van der Waals surface area contributed by atoms with Crippen molar-refractivity contribution in [2.45, 2.75) is 25.6 Å². The van der Waals surface area contributed by atoms with Gasteiger partial charge in [-0.15, -0.1) is 0 Å². The number of hydrogen-bond donors (Lipinski definition) is 2. The van der Waals surface area contributed by atoms with Crippen molar-refractivity contribution >= 4 is 0 Å². The maximum Gasteiger partial charge on any atom is 0.0826 e. The number of hydrogen-bond acceptors (Lipinski definition) is 4. The summed E-state index contributed by atoms with van der Waals surface area (Å²) in [4.78, 5) is 2.36. The number of aliphatic hydroxyl groups excluding tert-OH is 1. The van der Waals surface area contributed by atoms with E-state index in [1.54, 1.807) is 0 Å². The average Bonchev–Trinajstić information content (AvgIpc) is 2.16. The monoisotopic (exact) mass is 202 g/mol. The Morgan fingerprint density at radius 1 is 1.64 bits per heavy atom. The molecule has 1 aliphatic rings. The maximum atomic E-state index is 9.18. The molecule has 4 nitrogen and oxygen atoms in total. The van der Waals surface area contributed by atoms with Crippen LogP contribution in [-0.4, -0.2) is 62.0 Å². The Hall–Kier alpha value is -0.160. The van der Waals surface area contributed by atoms with Gasteiger partial charge in [-0.3, -0.25) is 4.90 Å². The third-order valence-electron chi connectivity index (χ3n) is 2.52. The lowest BCUT2D eigenvalue weighted by Gasteiger charge is -2.33. The molecule has 0 aliphatic carbocycles. The third-order valence-corrected chi connectivity index (χ3v) is 2.52. The van der Waals surface area contributed by atoms with Crippen molar-refractivity contribution < 1.29 is 9.84 Å². The Bertz CT molecular complexity index is 151. The fourth-order valence-corrected chi connectivity index (χ4v) is 1.70. The van der Waals surface area contributed by atoms with E-state index < -0.39 is 0 Å². The molecule has 0 saturated carbocycles. The van der Waals surface area contributed by atoms with Crippen LogP contribution in [0.2, 0.25) is 0 Å². The molecule has 14 heavy (non-hydrogen) atoms. The highest BCUT2D eigenvalue weighted by Gasteiger charge is 2.19. The molecular formula is C10H22N2O2. The van der Waals surface area contributed by atoms with Gasteiger partial charge in [-0.25, -0.2) is 0 Å². The number of rotatable bonds is 5. The van der Waals surface area contributed by atoms with Crippen molar-refractivity contribution in [1.82, 2.24) is 10.2 Å². The molecule has 1 aliphatic heterocycles. The van der Waals surface area contributed by atoms with E-state index in [9.17, 15) is 5.11 Å². The van der Waals surface area contributed by atoms with Gasteiger partial charge in [0.2, 0.25) is 0 Å². The van der Waals surface area contributed by atoms with Gasteiger partial charge < -0.3 is 15.2 Å². The summed E-state index contributed by atoms with van der Waals surface area (Å²) in [6, 6.07) is 0. The Balaban J connectivity index is 2.18. The molecule has 1 saturated heterocycles. The molecule has 84 valence electrons. The number of likely N-dealkylation sites (N-methyl/N-ethyl adjacent to an activating group) is 1. The van der Waals surface area contributed by atoms with Crippen LogP contribution in [0.5, 0.6) is 0 Å². The van der Waals surface area contributed by atoms with Crippen molar-refractivity contribution in [2.24, 2.45) is 0 Å². The van der Waals surface area contributed by atoms with Gasteiger partial charge in [0.15, 0.2) is 0 Å². The van der Waals surface area contributed by atoms with Gasteiger partial charge in [0.05, 0.1) is 18.8 Å². The summed E-state index contributed by atoms with van der Waals surface area (Å²) in [7, 11) is 1.94. The molecule has 0 aromatic carbocycles. The van der Waals surface area contributed by atoms with Gasteiger partial charge in [0.25, 0.3) is 0 Å². The summed E-state index contributed by atoms with van der Waals surface area (Å²) >= 11 is 0. The van der Waals surface area contributed by atoms with Gasteiger partial charge in [-0.05, 0) is 20.4 Å². The van der Waals surface area contributed by atoms with Crippen molar-refractivity contribution in [2.75, 3.05) is 39.8 Å². The minimum atomic E-state index is -0.194. The maximum absolute atomic E-state index is 9.18. The summed E-state index contributed by atoms with van der Waals surface area (Å²) < 4.78 is 5.59. The molecule has 0 radical (unpaired) electrons. The normalized spacial score (nSPS) is 26.4. The second kappa shape index (κ2) is 6.35. The molecule has 2 N–H and O–H groups in total. The lowest BCUT2D eigenvalue weighted by Crippen LogP contribution is -2.46. The molecule has 0 aromatic rings. The predicted molar refractivity (Wildman–Crippen MR) is 56.4 cm³/mol. The van der Waals surface area contributed by atoms with Crippen molar-refractivity contribution in [3.8, 4) is 0 Å². The summed E-state index contributed by atoms with van der Waals surface area (Å²) in [6.45, 7) is 6.50. The topological polar surface area (TPSA) is 44.7 Å². The highest BCUT2D eigenvalue weighted by Crippen LogP contribution is 2.05. The molecule has 1 fully saturated rings. The lowest BCUT2D eigenvalue weighted by molar-refractivity contribution is -0.0292. The lowest BCUT2D eigenvalue weighted by atomic mass is 10.2. The van der Waals surface area contributed by atoms with Gasteiger partial charge >= 0.3 is 0 Å². The van der Waals surface area contributed by atoms with Gasteiger partial charge in [-0.1, -0.05) is 0 Å². The molecule has 0 amide bonds. The fraction of sp³-hybridized carbons (Fsp3) is 1.00. The Labute approximate surface area is 86.2 Å². The van der Waals surface area contributed by atoms with Crippen LogP contribution in [0.15, 0.2) is 0 Å². The highest BCUT2D eigenvalue weighted by molar-refractivity contribution is 4.73. The second-order valence-corrected chi connectivity index (χ2v) is 3.99. The van der Waals surface area contributed by atoms with E-state index in [2.05, 4.69) is 10.2 Å². The number of ether oxygens (including phenoxy) is 1. The second-order valence-electron chi connectivity index (χ2n) is 3.99. The van der Waals surface area contributed by atoms with Crippen LogP contribution in [0.25, 0.3) is 0 Å². The van der Waals surface area contributed by atoms with E-state index in [1.807, 2.05) is 14.0 Å². The smallest absolute Gasteiger partial charge is 0.0826 e. The molecule has 4 heteroatoms. The Morgan fingerprint density at radius 3 is 3.07 bits per heavy atom. The first kappa shape index (κ1) is 11.9. The Kier molecular flexibility index (Phi) is 5.40. The van der Waals surface area contributed by atoms with Crippen molar-refractivity contribution in [1.29, 1.82) is 0 Å². The number of nitrogens with one attached hydrogen (secondary N) is 1. The van der Waals surface area contributed by atoms with Crippen molar-refractivity contribution in [3.05, 3.63) is 0 Å². The molecular weight excluding hydrogens is 180 g/mol. The van der Waals surface area contributed by atoms with Crippen LogP contribution in [0.3, 0.4) is 0 Å². The van der Waals surface area contributed by atoms with Gasteiger partial charge in [0.1, 0.15) is 0 Å². The summed E-state index contributed by atoms with van der Waals surface area (Å²) in [6.07, 6.45) is 0.968.